The van der Waals surface area contributed by atoms with Crippen LogP contribution in [0.5, 0.6) is 0 Å². The van der Waals surface area contributed by atoms with Crippen LogP contribution in [-0.4, -0.2) is 5.91 Å². The van der Waals surface area contributed by atoms with Crippen molar-refractivity contribution in [3.63, 3.8) is 0 Å². The molecule has 0 heterocycles. The molecule has 0 radical (unpaired) electrons. The fourth-order valence-electron chi connectivity index (χ4n) is 2.25. The molecule has 1 aliphatic rings. The molecule has 0 fully saturated rings. The number of amides is 1. The summed E-state index contributed by atoms with van der Waals surface area (Å²) in [6, 6.07) is 8.14. The molecule has 2 heteroatoms. The SMILES string of the molecule is CC(C)c1cccc(NC(=O)C2CC=CCC2)c1. The van der Waals surface area contributed by atoms with Gasteiger partial charge in [-0.15, -0.1) is 0 Å². The average molecular weight is 243 g/mol. The molecular formula is C16H21NO. The molecule has 0 spiro atoms. The van der Waals surface area contributed by atoms with Gasteiger partial charge in [0.15, 0.2) is 0 Å². The first-order chi connectivity index (χ1) is 8.66. The number of nitrogens with one attached hydrogen (secondary N) is 1. The van der Waals surface area contributed by atoms with E-state index in [9.17, 15) is 4.79 Å². The van der Waals surface area contributed by atoms with Crippen LogP contribution in [0.4, 0.5) is 5.69 Å². The van der Waals surface area contributed by atoms with Crippen molar-refractivity contribution in [2.75, 3.05) is 5.32 Å². The molecule has 96 valence electrons. The maximum atomic E-state index is 12.1. The molecule has 1 atom stereocenters. The lowest BCUT2D eigenvalue weighted by molar-refractivity contribution is -0.120. The van der Waals surface area contributed by atoms with Gasteiger partial charge in [0.05, 0.1) is 0 Å². The van der Waals surface area contributed by atoms with E-state index in [0.29, 0.717) is 5.92 Å². The number of hydrogen-bond acceptors (Lipinski definition) is 1. The summed E-state index contributed by atoms with van der Waals surface area (Å²) < 4.78 is 0. The summed E-state index contributed by atoms with van der Waals surface area (Å²) in [5.74, 6) is 0.775. The maximum Gasteiger partial charge on any atom is 0.227 e. The highest BCUT2D eigenvalue weighted by Gasteiger charge is 2.18. The van der Waals surface area contributed by atoms with Crippen molar-refractivity contribution in [3.05, 3.63) is 42.0 Å². The van der Waals surface area contributed by atoms with E-state index in [2.05, 4.69) is 43.4 Å². The molecule has 1 unspecified atom stereocenters. The van der Waals surface area contributed by atoms with Crippen LogP contribution in [0, 0.1) is 5.92 Å². The molecule has 0 bridgehead atoms. The molecule has 1 aromatic rings. The fraction of sp³-hybridized carbons (Fsp3) is 0.438. The maximum absolute atomic E-state index is 12.1. The predicted molar refractivity (Wildman–Crippen MR) is 75.6 cm³/mol. The Hall–Kier alpha value is -1.57. The van der Waals surface area contributed by atoms with Crippen molar-refractivity contribution in [3.8, 4) is 0 Å². The van der Waals surface area contributed by atoms with Crippen molar-refractivity contribution in [2.24, 2.45) is 5.92 Å². The Labute approximate surface area is 109 Å². The van der Waals surface area contributed by atoms with E-state index in [-0.39, 0.29) is 11.8 Å². The van der Waals surface area contributed by atoms with Gasteiger partial charge < -0.3 is 5.32 Å². The number of allylic oxidation sites excluding steroid dienone is 2. The second kappa shape index (κ2) is 5.85. The Morgan fingerprint density at radius 1 is 1.33 bits per heavy atom. The summed E-state index contributed by atoms with van der Waals surface area (Å²) in [4.78, 5) is 12.1. The molecular weight excluding hydrogens is 222 g/mol. The zero-order chi connectivity index (χ0) is 13.0. The van der Waals surface area contributed by atoms with E-state index >= 15 is 0 Å². The topological polar surface area (TPSA) is 29.1 Å². The molecule has 0 aliphatic heterocycles. The summed E-state index contributed by atoms with van der Waals surface area (Å²) in [6.45, 7) is 4.32. The minimum atomic E-state index is 0.137. The lowest BCUT2D eigenvalue weighted by Gasteiger charge is -2.17. The van der Waals surface area contributed by atoms with Crippen LogP contribution in [0.2, 0.25) is 0 Å². The van der Waals surface area contributed by atoms with Gasteiger partial charge in [0.25, 0.3) is 0 Å². The first kappa shape index (κ1) is 12.9. The van der Waals surface area contributed by atoms with Crippen molar-refractivity contribution in [2.45, 2.75) is 39.0 Å². The highest BCUT2D eigenvalue weighted by atomic mass is 16.1. The third-order valence-electron chi connectivity index (χ3n) is 3.46. The minimum absolute atomic E-state index is 0.137. The highest BCUT2D eigenvalue weighted by molar-refractivity contribution is 5.92. The van der Waals surface area contributed by atoms with Gasteiger partial charge in [0.2, 0.25) is 5.91 Å². The summed E-state index contributed by atoms with van der Waals surface area (Å²) in [5, 5.41) is 3.03. The molecule has 1 N–H and O–H groups in total. The van der Waals surface area contributed by atoms with Gasteiger partial charge in [-0.05, 0) is 42.9 Å². The fourth-order valence-corrected chi connectivity index (χ4v) is 2.25. The lowest BCUT2D eigenvalue weighted by atomic mass is 9.93. The summed E-state index contributed by atoms with van der Waals surface area (Å²) >= 11 is 0. The molecule has 2 rings (SSSR count). The third-order valence-corrected chi connectivity index (χ3v) is 3.46. The van der Waals surface area contributed by atoms with E-state index in [1.54, 1.807) is 0 Å². The molecule has 1 amide bonds. The molecule has 18 heavy (non-hydrogen) atoms. The van der Waals surface area contributed by atoms with Crippen LogP contribution in [0.15, 0.2) is 36.4 Å². The van der Waals surface area contributed by atoms with E-state index in [0.717, 1.165) is 24.9 Å². The standard InChI is InChI=1S/C16H21NO/c1-12(2)14-9-6-10-15(11-14)17-16(18)13-7-4-3-5-8-13/h3-4,6,9-13H,5,7-8H2,1-2H3,(H,17,18). The molecule has 1 aliphatic carbocycles. The molecule has 0 saturated carbocycles. The molecule has 1 aromatic carbocycles. The van der Waals surface area contributed by atoms with Gasteiger partial charge in [-0.3, -0.25) is 4.79 Å². The van der Waals surface area contributed by atoms with Crippen LogP contribution in [0.1, 0.15) is 44.6 Å². The Bertz CT molecular complexity index is 448. The number of rotatable bonds is 3. The summed E-state index contributed by atoms with van der Waals surface area (Å²) in [6.07, 6.45) is 7.12. The van der Waals surface area contributed by atoms with Crippen LogP contribution in [-0.2, 0) is 4.79 Å². The second-order valence-corrected chi connectivity index (χ2v) is 5.25. The molecule has 2 nitrogen and oxygen atoms in total. The van der Waals surface area contributed by atoms with Crippen molar-refractivity contribution >= 4 is 11.6 Å². The number of carbonyl (C=O) groups excluding carboxylic acids is 1. The van der Waals surface area contributed by atoms with Crippen molar-refractivity contribution in [1.29, 1.82) is 0 Å². The van der Waals surface area contributed by atoms with Crippen LogP contribution in [0.3, 0.4) is 0 Å². The van der Waals surface area contributed by atoms with Crippen LogP contribution < -0.4 is 5.32 Å². The van der Waals surface area contributed by atoms with Gasteiger partial charge in [-0.1, -0.05) is 38.1 Å². The monoisotopic (exact) mass is 243 g/mol. The quantitative estimate of drug-likeness (QED) is 0.795. The first-order valence-electron chi connectivity index (χ1n) is 6.72. The van der Waals surface area contributed by atoms with Gasteiger partial charge in [-0.25, -0.2) is 0 Å². The molecule has 0 saturated heterocycles. The van der Waals surface area contributed by atoms with Crippen LogP contribution >= 0.6 is 0 Å². The average Bonchev–Trinajstić information content (AvgIpc) is 2.40. The van der Waals surface area contributed by atoms with Gasteiger partial charge in [0.1, 0.15) is 0 Å². The van der Waals surface area contributed by atoms with E-state index in [1.165, 1.54) is 5.56 Å². The molecule has 0 aromatic heterocycles. The largest absolute Gasteiger partial charge is 0.326 e. The zero-order valence-corrected chi connectivity index (χ0v) is 11.1. The second-order valence-electron chi connectivity index (χ2n) is 5.25. The van der Waals surface area contributed by atoms with Gasteiger partial charge >= 0.3 is 0 Å². The number of anilines is 1. The van der Waals surface area contributed by atoms with E-state index in [1.807, 2.05) is 12.1 Å². The zero-order valence-electron chi connectivity index (χ0n) is 11.1. The smallest absolute Gasteiger partial charge is 0.227 e. The lowest BCUT2D eigenvalue weighted by Crippen LogP contribution is -2.23. The Morgan fingerprint density at radius 2 is 2.17 bits per heavy atom. The van der Waals surface area contributed by atoms with Gasteiger partial charge in [-0.2, -0.15) is 0 Å². The van der Waals surface area contributed by atoms with Crippen LogP contribution in [0.25, 0.3) is 0 Å². The van der Waals surface area contributed by atoms with Crippen molar-refractivity contribution in [1.82, 2.24) is 0 Å². The van der Waals surface area contributed by atoms with Crippen molar-refractivity contribution < 1.29 is 4.79 Å². The highest BCUT2D eigenvalue weighted by Crippen LogP contribution is 2.22. The number of carbonyl (C=O) groups is 1. The third kappa shape index (κ3) is 3.22. The number of benzene rings is 1. The first-order valence-corrected chi connectivity index (χ1v) is 6.72. The Morgan fingerprint density at radius 3 is 2.83 bits per heavy atom. The minimum Gasteiger partial charge on any atom is -0.326 e. The normalized spacial score (nSPS) is 18.9. The van der Waals surface area contributed by atoms with E-state index < -0.39 is 0 Å². The number of hydrogen-bond donors (Lipinski definition) is 1. The van der Waals surface area contributed by atoms with E-state index in [4.69, 9.17) is 0 Å². The predicted octanol–water partition coefficient (Wildman–Crippen LogP) is 4.10. The summed E-state index contributed by atoms with van der Waals surface area (Å²) in [5.41, 5.74) is 2.18. The summed E-state index contributed by atoms with van der Waals surface area (Å²) in [7, 11) is 0. The van der Waals surface area contributed by atoms with Gasteiger partial charge in [0, 0.05) is 11.6 Å². The Kier molecular flexibility index (Phi) is 4.19. The Balaban J connectivity index is 2.02.